The first-order valence-electron chi connectivity index (χ1n) is 7.04. The lowest BCUT2D eigenvalue weighted by molar-refractivity contribution is -0.137. The third-order valence-corrected chi connectivity index (χ3v) is 4.67. The number of carbonyl (C=O) groups excluding carboxylic acids is 1. The summed E-state index contributed by atoms with van der Waals surface area (Å²) < 4.78 is 49.8. The normalized spacial score (nSPS) is 11.9. The number of benzene rings is 2. The van der Waals surface area contributed by atoms with E-state index in [0.29, 0.717) is 6.07 Å². The summed E-state index contributed by atoms with van der Waals surface area (Å²) >= 11 is 5.50. The Morgan fingerprint density at radius 3 is 2.42 bits per heavy atom. The van der Waals surface area contributed by atoms with E-state index in [9.17, 15) is 32.3 Å². The molecule has 0 spiro atoms. The van der Waals surface area contributed by atoms with E-state index in [1.807, 2.05) is 0 Å². The first kappa shape index (κ1) is 20.3. The summed E-state index contributed by atoms with van der Waals surface area (Å²) in [6, 6.07) is 7.65. The third-order valence-electron chi connectivity index (χ3n) is 3.27. The molecule has 0 aliphatic rings. The summed E-state index contributed by atoms with van der Waals surface area (Å²) in [4.78, 5) is 30.4. The molecular formula is C15H13ClF3N2O4P. The van der Waals surface area contributed by atoms with Gasteiger partial charge in [0.15, 0.2) is 0 Å². The van der Waals surface area contributed by atoms with Crippen LogP contribution in [-0.2, 0) is 17.3 Å². The van der Waals surface area contributed by atoms with Crippen molar-refractivity contribution in [3.05, 3.63) is 58.6 Å². The predicted octanol–water partition coefficient (Wildman–Crippen LogP) is 3.48. The van der Waals surface area contributed by atoms with Gasteiger partial charge in [-0.1, -0.05) is 29.8 Å². The summed E-state index contributed by atoms with van der Waals surface area (Å²) in [6.07, 6.45) is -4.67. The van der Waals surface area contributed by atoms with Crippen molar-refractivity contribution in [1.29, 1.82) is 0 Å². The second kappa shape index (κ2) is 7.67. The number of nitrogens with one attached hydrogen (secondary N) is 2. The zero-order valence-corrected chi connectivity index (χ0v) is 14.6. The van der Waals surface area contributed by atoms with Crippen molar-refractivity contribution in [3.8, 4) is 0 Å². The molecule has 140 valence electrons. The molecule has 0 aliphatic carbocycles. The molecule has 0 radical (unpaired) electrons. The minimum absolute atomic E-state index is 0.137. The topological polar surface area (TPSA) is 98.7 Å². The fourth-order valence-corrected chi connectivity index (χ4v) is 3.15. The van der Waals surface area contributed by atoms with Crippen molar-refractivity contribution >= 4 is 36.2 Å². The molecule has 0 bridgehead atoms. The molecule has 2 rings (SSSR count). The molecule has 11 heteroatoms. The zero-order chi connectivity index (χ0) is 19.5. The summed E-state index contributed by atoms with van der Waals surface area (Å²) in [7, 11) is -4.52. The van der Waals surface area contributed by atoms with Gasteiger partial charge >= 0.3 is 19.8 Å². The summed E-state index contributed by atoms with van der Waals surface area (Å²) in [5, 5.41) is 3.79. The van der Waals surface area contributed by atoms with Crippen LogP contribution in [0.25, 0.3) is 0 Å². The molecule has 2 aromatic carbocycles. The van der Waals surface area contributed by atoms with Crippen LogP contribution in [0.1, 0.15) is 11.1 Å². The molecule has 0 fully saturated rings. The molecule has 2 aromatic rings. The minimum Gasteiger partial charge on any atom is -0.334 e. The Bertz CT molecular complexity index is 870. The van der Waals surface area contributed by atoms with Crippen LogP contribution >= 0.6 is 19.2 Å². The Morgan fingerprint density at radius 1 is 1.15 bits per heavy atom. The van der Waals surface area contributed by atoms with Gasteiger partial charge in [-0.25, -0.2) is 4.79 Å². The Morgan fingerprint density at radius 2 is 1.81 bits per heavy atom. The molecule has 0 aromatic heterocycles. The van der Waals surface area contributed by atoms with E-state index in [1.165, 1.54) is 30.3 Å². The SMILES string of the molecule is O=C(NCc1ccccc1P(=O)(O)O)Nc1ccc(Cl)c(C(F)(F)F)c1. The van der Waals surface area contributed by atoms with Crippen LogP contribution in [0.15, 0.2) is 42.5 Å². The second-order valence-electron chi connectivity index (χ2n) is 5.17. The van der Waals surface area contributed by atoms with E-state index >= 15 is 0 Å². The van der Waals surface area contributed by atoms with E-state index in [4.69, 9.17) is 11.6 Å². The number of hydrogen-bond donors (Lipinski definition) is 4. The standard InChI is InChI=1S/C15H13ClF3N2O4P/c16-12-6-5-10(7-11(12)15(17,18)19)21-14(22)20-8-9-3-1-2-4-13(9)26(23,24)25/h1-7H,8H2,(H2,20,21,22)(H2,23,24,25). The molecule has 4 N–H and O–H groups in total. The van der Waals surface area contributed by atoms with Gasteiger partial charge in [0.2, 0.25) is 0 Å². The number of rotatable bonds is 4. The quantitative estimate of drug-likeness (QED) is 0.582. The third kappa shape index (κ3) is 5.22. The lowest BCUT2D eigenvalue weighted by atomic mass is 10.2. The number of amides is 2. The molecular weight excluding hydrogens is 396 g/mol. The van der Waals surface area contributed by atoms with Crippen LogP contribution in [-0.4, -0.2) is 15.8 Å². The first-order valence-corrected chi connectivity index (χ1v) is 9.03. The van der Waals surface area contributed by atoms with Crippen LogP contribution in [0.5, 0.6) is 0 Å². The monoisotopic (exact) mass is 408 g/mol. The van der Waals surface area contributed by atoms with Crippen LogP contribution in [0.2, 0.25) is 5.02 Å². The smallest absolute Gasteiger partial charge is 0.334 e. The maximum Gasteiger partial charge on any atom is 0.417 e. The average molecular weight is 409 g/mol. The summed E-state index contributed by atoms with van der Waals surface area (Å²) in [5.41, 5.74) is -1.05. The summed E-state index contributed by atoms with van der Waals surface area (Å²) in [6.45, 7) is -0.229. The lowest BCUT2D eigenvalue weighted by Crippen LogP contribution is -2.30. The number of halogens is 4. The van der Waals surface area contributed by atoms with Gasteiger partial charge in [0.1, 0.15) is 0 Å². The van der Waals surface area contributed by atoms with E-state index in [0.717, 1.165) is 6.07 Å². The fraction of sp³-hybridized carbons (Fsp3) is 0.133. The maximum atomic E-state index is 12.8. The van der Waals surface area contributed by atoms with Crippen molar-refractivity contribution < 1.29 is 32.3 Å². The highest BCUT2D eigenvalue weighted by molar-refractivity contribution is 7.60. The van der Waals surface area contributed by atoms with Gasteiger partial charge in [0.25, 0.3) is 0 Å². The maximum absolute atomic E-state index is 12.8. The number of urea groups is 1. The van der Waals surface area contributed by atoms with Crippen LogP contribution in [0.3, 0.4) is 0 Å². The highest BCUT2D eigenvalue weighted by Crippen LogP contribution is 2.36. The molecule has 2 amide bonds. The number of carbonyl (C=O) groups is 1. The van der Waals surface area contributed by atoms with E-state index in [-0.39, 0.29) is 23.1 Å². The van der Waals surface area contributed by atoms with Gasteiger partial charge in [0, 0.05) is 12.2 Å². The summed E-state index contributed by atoms with van der Waals surface area (Å²) in [5.74, 6) is 0. The molecule has 0 aliphatic heterocycles. The van der Waals surface area contributed by atoms with Gasteiger partial charge in [0.05, 0.1) is 15.9 Å². The van der Waals surface area contributed by atoms with Crippen LogP contribution in [0, 0.1) is 0 Å². The average Bonchev–Trinajstić information content (AvgIpc) is 2.53. The van der Waals surface area contributed by atoms with Crippen molar-refractivity contribution in [2.45, 2.75) is 12.7 Å². The van der Waals surface area contributed by atoms with E-state index < -0.39 is 30.4 Å². The van der Waals surface area contributed by atoms with Gasteiger partial charge in [-0.05, 0) is 29.8 Å². The molecule has 6 nitrogen and oxygen atoms in total. The molecule has 26 heavy (non-hydrogen) atoms. The van der Waals surface area contributed by atoms with Crippen molar-refractivity contribution in [2.75, 3.05) is 5.32 Å². The van der Waals surface area contributed by atoms with Gasteiger partial charge in [-0.15, -0.1) is 0 Å². The van der Waals surface area contributed by atoms with Crippen molar-refractivity contribution in [2.24, 2.45) is 0 Å². The van der Waals surface area contributed by atoms with Gasteiger partial charge in [-0.3, -0.25) is 4.57 Å². The highest BCUT2D eigenvalue weighted by atomic mass is 35.5. The van der Waals surface area contributed by atoms with Gasteiger partial charge < -0.3 is 20.4 Å². The van der Waals surface area contributed by atoms with Crippen LogP contribution < -0.4 is 15.9 Å². The zero-order valence-electron chi connectivity index (χ0n) is 12.9. The molecule has 0 atom stereocenters. The molecule has 0 unspecified atom stereocenters. The highest BCUT2D eigenvalue weighted by Gasteiger charge is 2.33. The van der Waals surface area contributed by atoms with Crippen LogP contribution in [0.4, 0.5) is 23.7 Å². The van der Waals surface area contributed by atoms with Gasteiger partial charge in [-0.2, -0.15) is 13.2 Å². The fourth-order valence-electron chi connectivity index (χ4n) is 2.12. The van der Waals surface area contributed by atoms with Crippen molar-refractivity contribution in [3.63, 3.8) is 0 Å². The predicted molar refractivity (Wildman–Crippen MR) is 90.4 cm³/mol. The number of alkyl halides is 3. The number of hydrogen-bond acceptors (Lipinski definition) is 2. The molecule has 0 saturated heterocycles. The van der Waals surface area contributed by atoms with E-state index in [2.05, 4.69) is 10.6 Å². The Kier molecular flexibility index (Phi) is 5.98. The minimum atomic E-state index is -4.67. The molecule has 0 saturated carbocycles. The number of anilines is 1. The Balaban J connectivity index is 2.08. The first-order chi connectivity index (χ1) is 12.0. The lowest BCUT2D eigenvalue weighted by Gasteiger charge is -2.14. The Labute approximate surface area is 151 Å². The Hall–Kier alpha value is -2.06. The second-order valence-corrected chi connectivity index (χ2v) is 7.15. The van der Waals surface area contributed by atoms with E-state index in [1.54, 1.807) is 0 Å². The largest absolute Gasteiger partial charge is 0.417 e. The van der Waals surface area contributed by atoms with Crippen molar-refractivity contribution in [1.82, 2.24) is 5.32 Å². The molecule has 0 heterocycles.